The molecular weight excluding hydrogens is 382 g/mol. The first-order chi connectivity index (χ1) is 14.7. The topological polar surface area (TPSA) is 77.9 Å². The third-order valence-electron chi connectivity index (χ3n) is 5.59. The first kappa shape index (κ1) is 20.4. The van der Waals surface area contributed by atoms with Gasteiger partial charge in [0.2, 0.25) is 5.91 Å². The maximum atomic E-state index is 12.7. The van der Waals surface area contributed by atoms with Gasteiger partial charge in [-0.1, -0.05) is 42.5 Å². The number of para-hydroxylation sites is 2. The van der Waals surface area contributed by atoms with E-state index in [1.165, 1.54) is 4.90 Å². The Bertz CT molecular complexity index is 1020. The van der Waals surface area contributed by atoms with Crippen LogP contribution in [0.1, 0.15) is 24.4 Å². The zero-order valence-corrected chi connectivity index (χ0v) is 17.0. The predicted molar refractivity (Wildman–Crippen MR) is 113 cm³/mol. The van der Waals surface area contributed by atoms with Gasteiger partial charge >= 0.3 is 5.76 Å². The van der Waals surface area contributed by atoms with E-state index < -0.39 is 0 Å². The van der Waals surface area contributed by atoms with Crippen LogP contribution in [0.5, 0.6) is 0 Å². The minimum atomic E-state index is -0.380. The number of hydrogen-bond donors (Lipinski definition) is 2. The number of aromatic nitrogens is 1. The summed E-state index contributed by atoms with van der Waals surface area (Å²) >= 11 is 0. The molecule has 2 heterocycles. The van der Waals surface area contributed by atoms with Gasteiger partial charge in [-0.2, -0.15) is 0 Å². The molecule has 158 valence electrons. The minimum Gasteiger partial charge on any atom is -0.408 e. The van der Waals surface area contributed by atoms with E-state index in [2.05, 4.69) is 17.4 Å². The van der Waals surface area contributed by atoms with Crippen LogP contribution in [0.3, 0.4) is 0 Å². The van der Waals surface area contributed by atoms with Crippen molar-refractivity contribution in [2.75, 3.05) is 32.8 Å². The highest BCUT2D eigenvalue weighted by Gasteiger charge is 2.22. The van der Waals surface area contributed by atoms with Gasteiger partial charge in [0.1, 0.15) is 25.7 Å². The molecule has 0 bridgehead atoms. The van der Waals surface area contributed by atoms with Crippen LogP contribution in [0.15, 0.2) is 63.8 Å². The van der Waals surface area contributed by atoms with Gasteiger partial charge in [-0.05, 0) is 24.1 Å². The van der Waals surface area contributed by atoms with E-state index >= 15 is 0 Å². The standard InChI is InChI=1S/C23H27N3O4/c27-22(11-6-12-26-20-9-4-5-10-21(20)30-23(26)28)24-19(18-7-2-1-3-8-18)17-25-13-15-29-16-14-25/h1-5,7-10,19H,6,11-17H2,(H,24,27)/p+1/t19-/m1/s1. The van der Waals surface area contributed by atoms with Crippen molar-refractivity contribution in [3.8, 4) is 0 Å². The number of benzene rings is 2. The van der Waals surface area contributed by atoms with E-state index in [1.807, 2.05) is 36.4 Å². The number of amides is 1. The number of carbonyl (C=O) groups excluding carboxylic acids is 1. The molecule has 2 N–H and O–H groups in total. The molecule has 0 radical (unpaired) electrons. The maximum absolute atomic E-state index is 12.7. The number of rotatable bonds is 8. The quantitative estimate of drug-likeness (QED) is 0.584. The fourth-order valence-corrected chi connectivity index (χ4v) is 3.98. The predicted octanol–water partition coefficient (Wildman–Crippen LogP) is 1.15. The number of ether oxygens (including phenoxy) is 1. The molecule has 7 nitrogen and oxygen atoms in total. The molecule has 2 aromatic carbocycles. The van der Waals surface area contributed by atoms with Crippen LogP contribution in [-0.4, -0.2) is 43.3 Å². The van der Waals surface area contributed by atoms with Crippen molar-refractivity contribution < 1.29 is 18.8 Å². The summed E-state index contributed by atoms with van der Waals surface area (Å²) in [5, 5.41) is 3.20. The molecule has 30 heavy (non-hydrogen) atoms. The lowest BCUT2D eigenvalue weighted by Gasteiger charge is -2.28. The average Bonchev–Trinajstić information content (AvgIpc) is 3.10. The Hall–Kier alpha value is -2.90. The summed E-state index contributed by atoms with van der Waals surface area (Å²) in [6, 6.07) is 17.4. The van der Waals surface area contributed by atoms with E-state index in [0.717, 1.165) is 43.9 Å². The highest BCUT2D eigenvalue weighted by atomic mass is 16.5. The van der Waals surface area contributed by atoms with Gasteiger partial charge < -0.3 is 19.4 Å². The van der Waals surface area contributed by atoms with Crippen LogP contribution in [0, 0.1) is 0 Å². The third kappa shape index (κ3) is 4.98. The number of nitrogens with zero attached hydrogens (tertiary/aromatic N) is 1. The van der Waals surface area contributed by atoms with Crippen molar-refractivity contribution in [1.29, 1.82) is 0 Å². The van der Waals surface area contributed by atoms with E-state index in [-0.39, 0.29) is 17.7 Å². The Morgan fingerprint density at radius 1 is 1.07 bits per heavy atom. The summed E-state index contributed by atoms with van der Waals surface area (Å²) in [5.74, 6) is -0.382. The SMILES string of the molecule is O=C(CCCn1c(=O)oc2ccccc21)N[C@H](C[NH+]1CCOCC1)c1ccccc1. The molecule has 0 spiro atoms. The van der Waals surface area contributed by atoms with E-state index in [9.17, 15) is 9.59 Å². The lowest BCUT2D eigenvalue weighted by Crippen LogP contribution is -3.14. The maximum Gasteiger partial charge on any atom is 0.419 e. The third-order valence-corrected chi connectivity index (χ3v) is 5.59. The molecule has 0 aliphatic carbocycles. The number of quaternary nitrogens is 1. The Labute approximate surface area is 175 Å². The molecule has 1 aliphatic heterocycles. The molecule has 7 heteroatoms. The summed E-state index contributed by atoms with van der Waals surface area (Å²) in [4.78, 5) is 26.2. The smallest absolute Gasteiger partial charge is 0.408 e. The number of hydrogen-bond acceptors (Lipinski definition) is 4. The monoisotopic (exact) mass is 410 g/mol. The van der Waals surface area contributed by atoms with Crippen molar-refractivity contribution >= 4 is 17.0 Å². The molecule has 1 aliphatic rings. The van der Waals surface area contributed by atoms with Crippen LogP contribution >= 0.6 is 0 Å². The second-order valence-corrected chi connectivity index (χ2v) is 7.69. The Morgan fingerprint density at radius 3 is 2.60 bits per heavy atom. The zero-order valence-electron chi connectivity index (χ0n) is 17.0. The molecule has 4 rings (SSSR count). The first-order valence-electron chi connectivity index (χ1n) is 10.5. The second kappa shape index (κ2) is 9.73. The van der Waals surface area contributed by atoms with Crippen molar-refractivity contribution in [3.63, 3.8) is 0 Å². The van der Waals surface area contributed by atoms with Gasteiger partial charge in [0, 0.05) is 13.0 Å². The Balaban J connectivity index is 1.36. The highest BCUT2D eigenvalue weighted by molar-refractivity contribution is 5.76. The van der Waals surface area contributed by atoms with Crippen LogP contribution < -0.4 is 16.0 Å². The number of morpholine rings is 1. The summed E-state index contributed by atoms with van der Waals surface area (Å²) in [5.41, 5.74) is 2.45. The van der Waals surface area contributed by atoms with Crippen LogP contribution in [-0.2, 0) is 16.1 Å². The van der Waals surface area contributed by atoms with Crippen LogP contribution in [0.2, 0.25) is 0 Å². The Kier molecular flexibility index (Phi) is 6.61. The summed E-state index contributed by atoms with van der Waals surface area (Å²) in [6.45, 7) is 4.72. The number of nitrogens with one attached hydrogen (secondary N) is 2. The van der Waals surface area contributed by atoms with Gasteiger partial charge in [-0.25, -0.2) is 4.79 Å². The van der Waals surface area contributed by atoms with Gasteiger partial charge in [0.25, 0.3) is 0 Å². The van der Waals surface area contributed by atoms with Crippen molar-refractivity contribution in [2.24, 2.45) is 0 Å². The lowest BCUT2D eigenvalue weighted by atomic mass is 10.1. The van der Waals surface area contributed by atoms with Gasteiger partial charge in [0.15, 0.2) is 5.58 Å². The number of fused-ring (bicyclic) bond motifs is 1. The fourth-order valence-electron chi connectivity index (χ4n) is 3.98. The number of oxazole rings is 1. The lowest BCUT2D eigenvalue weighted by molar-refractivity contribution is -0.909. The highest BCUT2D eigenvalue weighted by Crippen LogP contribution is 2.14. The molecule has 1 saturated heterocycles. The van der Waals surface area contributed by atoms with E-state index in [1.54, 1.807) is 10.6 Å². The molecule has 0 unspecified atom stereocenters. The van der Waals surface area contributed by atoms with Gasteiger partial charge in [0.05, 0.1) is 18.7 Å². The summed E-state index contributed by atoms with van der Waals surface area (Å²) < 4.78 is 12.3. The average molecular weight is 410 g/mol. The van der Waals surface area contributed by atoms with E-state index in [4.69, 9.17) is 9.15 Å². The van der Waals surface area contributed by atoms with Gasteiger partial charge in [-0.3, -0.25) is 9.36 Å². The van der Waals surface area contributed by atoms with Crippen molar-refractivity contribution in [1.82, 2.24) is 9.88 Å². The fraction of sp³-hybridized carbons (Fsp3) is 0.391. The molecule has 1 atom stereocenters. The molecule has 1 fully saturated rings. The second-order valence-electron chi connectivity index (χ2n) is 7.69. The van der Waals surface area contributed by atoms with E-state index in [0.29, 0.717) is 25.0 Å². The number of aryl methyl sites for hydroxylation is 1. The molecular formula is C23H28N3O4+. The largest absolute Gasteiger partial charge is 0.419 e. The van der Waals surface area contributed by atoms with Crippen molar-refractivity contribution in [2.45, 2.75) is 25.4 Å². The number of carbonyl (C=O) groups is 1. The van der Waals surface area contributed by atoms with Gasteiger partial charge in [-0.15, -0.1) is 0 Å². The van der Waals surface area contributed by atoms with Crippen LogP contribution in [0.4, 0.5) is 0 Å². The Morgan fingerprint density at radius 2 is 1.80 bits per heavy atom. The minimum absolute atomic E-state index is 0.00244. The molecule has 3 aromatic rings. The summed E-state index contributed by atoms with van der Waals surface area (Å²) in [7, 11) is 0. The van der Waals surface area contributed by atoms with Crippen molar-refractivity contribution in [3.05, 3.63) is 70.7 Å². The summed E-state index contributed by atoms with van der Waals surface area (Å²) in [6.07, 6.45) is 0.926. The molecule has 1 amide bonds. The van der Waals surface area contributed by atoms with Crippen LogP contribution in [0.25, 0.3) is 11.1 Å². The zero-order chi connectivity index (χ0) is 20.8. The normalized spacial score (nSPS) is 15.9. The first-order valence-corrected chi connectivity index (χ1v) is 10.5. The molecule has 0 saturated carbocycles. The molecule has 1 aromatic heterocycles.